The van der Waals surface area contributed by atoms with Gasteiger partial charge in [-0.25, -0.2) is 0 Å². The van der Waals surface area contributed by atoms with E-state index in [1.807, 2.05) is 70.2 Å². The van der Waals surface area contributed by atoms with E-state index in [-0.39, 0.29) is 17.5 Å². The van der Waals surface area contributed by atoms with Gasteiger partial charge < -0.3 is 10.2 Å². The monoisotopic (exact) mass is 387 g/mol. The lowest BCUT2D eigenvalue weighted by Gasteiger charge is -2.21. The molecule has 0 spiro atoms. The Hall–Kier alpha value is -3.47. The third kappa shape index (κ3) is 4.69. The second-order valence-electron chi connectivity index (χ2n) is 7.09. The fourth-order valence-corrected chi connectivity index (χ4v) is 3.22. The molecule has 1 heterocycles. The van der Waals surface area contributed by atoms with Gasteiger partial charge in [0, 0.05) is 29.7 Å². The largest absolute Gasteiger partial charge is 0.320 e. The van der Waals surface area contributed by atoms with E-state index in [1.165, 1.54) is 6.20 Å². The smallest absolute Gasteiger partial charge is 0.274 e. The molecule has 2 amide bonds. The molecule has 0 bridgehead atoms. The Bertz CT molecular complexity index is 1060. The fraction of sp³-hybridized carbons (Fsp3) is 0.208. The minimum absolute atomic E-state index is 0.166. The van der Waals surface area contributed by atoms with E-state index in [4.69, 9.17) is 0 Å². The molecule has 2 aromatic carbocycles. The fourth-order valence-electron chi connectivity index (χ4n) is 3.22. The lowest BCUT2D eigenvalue weighted by molar-refractivity contribution is 0.0988. The van der Waals surface area contributed by atoms with Gasteiger partial charge in [0.1, 0.15) is 5.69 Å². The zero-order chi connectivity index (χ0) is 21.0. The molecule has 0 aliphatic rings. The van der Waals surface area contributed by atoms with E-state index in [9.17, 15) is 9.59 Å². The topological polar surface area (TPSA) is 62.3 Å². The van der Waals surface area contributed by atoms with Crippen LogP contribution in [0.5, 0.6) is 0 Å². The van der Waals surface area contributed by atoms with Crippen molar-refractivity contribution in [3.63, 3.8) is 0 Å². The molecule has 0 saturated heterocycles. The summed E-state index contributed by atoms with van der Waals surface area (Å²) in [7, 11) is 0. The van der Waals surface area contributed by atoms with E-state index in [1.54, 1.807) is 17.0 Å². The van der Waals surface area contributed by atoms with E-state index >= 15 is 0 Å². The Balaban J connectivity index is 1.84. The highest BCUT2D eigenvalue weighted by Gasteiger charge is 2.18. The van der Waals surface area contributed by atoms with Gasteiger partial charge in [0.05, 0.1) is 0 Å². The maximum absolute atomic E-state index is 13.1. The van der Waals surface area contributed by atoms with Crippen LogP contribution in [-0.2, 0) is 0 Å². The molecule has 1 N–H and O–H groups in total. The number of nitrogens with zero attached hydrogens (tertiary/aromatic N) is 2. The second kappa shape index (κ2) is 8.69. The third-order valence-electron chi connectivity index (χ3n) is 4.74. The van der Waals surface area contributed by atoms with E-state index in [2.05, 4.69) is 10.3 Å². The maximum Gasteiger partial charge on any atom is 0.274 e. The van der Waals surface area contributed by atoms with Gasteiger partial charge in [-0.05, 0) is 69.2 Å². The van der Waals surface area contributed by atoms with Crippen LogP contribution < -0.4 is 10.2 Å². The van der Waals surface area contributed by atoms with Crippen LogP contribution in [0.15, 0.2) is 60.8 Å². The van der Waals surface area contributed by atoms with Crippen LogP contribution in [0.3, 0.4) is 0 Å². The quantitative estimate of drug-likeness (QED) is 0.675. The molecule has 0 aliphatic heterocycles. The number of carbonyl (C=O) groups excluding carboxylic acids is 2. The SMILES string of the molecule is CCN(C(=O)c1ccnc(C(=O)Nc2ccc(C)cc2C)c1)c1cccc(C)c1. The Morgan fingerprint density at radius 1 is 0.966 bits per heavy atom. The van der Waals surface area contributed by atoms with Crippen LogP contribution in [-0.4, -0.2) is 23.3 Å². The number of hydrogen-bond acceptors (Lipinski definition) is 3. The van der Waals surface area contributed by atoms with Crippen molar-refractivity contribution in [2.24, 2.45) is 0 Å². The molecule has 3 rings (SSSR count). The van der Waals surface area contributed by atoms with Crippen LogP contribution in [0, 0.1) is 20.8 Å². The van der Waals surface area contributed by atoms with Gasteiger partial charge >= 0.3 is 0 Å². The summed E-state index contributed by atoms with van der Waals surface area (Å²) in [5.74, 6) is -0.508. The number of aromatic nitrogens is 1. The second-order valence-corrected chi connectivity index (χ2v) is 7.09. The van der Waals surface area contributed by atoms with Crippen LogP contribution in [0.1, 0.15) is 44.5 Å². The van der Waals surface area contributed by atoms with Gasteiger partial charge in [-0.1, -0.05) is 29.8 Å². The summed E-state index contributed by atoms with van der Waals surface area (Å²) in [5, 5.41) is 2.88. The maximum atomic E-state index is 13.1. The molecule has 0 aliphatic carbocycles. The number of carbonyl (C=O) groups is 2. The minimum Gasteiger partial charge on any atom is -0.320 e. The molecule has 0 unspecified atom stereocenters. The predicted molar refractivity (Wildman–Crippen MR) is 117 cm³/mol. The molecule has 0 fully saturated rings. The molecule has 5 heteroatoms. The Kier molecular flexibility index (Phi) is 6.07. The number of hydrogen-bond donors (Lipinski definition) is 1. The molecule has 5 nitrogen and oxygen atoms in total. The summed E-state index contributed by atoms with van der Waals surface area (Å²) < 4.78 is 0. The molecule has 148 valence electrons. The van der Waals surface area contributed by atoms with Gasteiger partial charge in [0.2, 0.25) is 0 Å². The van der Waals surface area contributed by atoms with E-state index in [0.29, 0.717) is 12.1 Å². The van der Waals surface area contributed by atoms with Crippen LogP contribution >= 0.6 is 0 Å². The Morgan fingerprint density at radius 3 is 2.41 bits per heavy atom. The summed E-state index contributed by atoms with van der Waals surface area (Å²) >= 11 is 0. The molecule has 0 saturated carbocycles. The number of nitrogens with one attached hydrogen (secondary N) is 1. The zero-order valence-electron chi connectivity index (χ0n) is 17.2. The van der Waals surface area contributed by atoms with Gasteiger partial charge in [0.25, 0.3) is 11.8 Å². The first-order chi connectivity index (χ1) is 13.9. The normalized spacial score (nSPS) is 10.5. The zero-order valence-corrected chi connectivity index (χ0v) is 17.2. The van der Waals surface area contributed by atoms with Crippen molar-refractivity contribution in [3.05, 3.63) is 88.7 Å². The lowest BCUT2D eigenvalue weighted by Crippen LogP contribution is -2.31. The summed E-state index contributed by atoms with van der Waals surface area (Å²) in [6.07, 6.45) is 1.49. The molecule has 3 aromatic rings. The Morgan fingerprint density at radius 2 is 1.72 bits per heavy atom. The van der Waals surface area contributed by atoms with Crippen LogP contribution in [0.4, 0.5) is 11.4 Å². The number of anilines is 2. The molecular formula is C24H25N3O2. The van der Waals surface area contributed by atoms with Crippen molar-refractivity contribution in [1.29, 1.82) is 0 Å². The van der Waals surface area contributed by atoms with Gasteiger partial charge in [-0.2, -0.15) is 0 Å². The minimum atomic E-state index is -0.342. The van der Waals surface area contributed by atoms with Gasteiger partial charge in [-0.15, -0.1) is 0 Å². The average molecular weight is 387 g/mol. The van der Waals surface area contributed by atoms with Gasteiger partial charge in [-0.3, -0.25) is 14.6 Å². The standard InChI is InChI=1S/C24H25N3O2/c1-5-27(20-8-6-7-16(2)14-20)24(29)19-11-12-25-22(15-19)23(28)26-21-10-9-17(3)13-18(21)4/h6-15H,5H2,1-4H3,(H,26,28). The highest BCUT2D eigenvalue weighted by atomic mass is 16.2. The van der Waals surface area contributed by atoms with E-state index in [0.717, 1.165) is 28.1 Å². The first-order valence-corrected chi connectivity index (χ1v) is 9.62. The van der Waals surface area contributed by atoms with Crippen LogP contribution in [0.25, 0.3) is 0 Å². The number of benzene rings is 2. The van der Waals surface area contributed by atoms with Gasteiger partial charge in [0.15, 0.2) is 0 Å². The van der Waals surface area contributed by atoms with Crippen molar-refractivity contribution >= 4 is 23.2 Å². The van der Waals surface area contributed by atoms with Crippen molar-refractivity contribution in [3.8, 4) is 0 Å². The molecule has 0 atom stereocenters. The predicted octanol–water partition coefficient (Wildman–Crippen LogP) is 4.93. The Labute approximate surface area is 171 Å². The average Bonchev–Trinajstić information content (AvgIpc) is 2.70. The van der Waals surface area contributed by atoms with Crippen molar-refractivity contribution in [2.45, 2.75) is 27.7 Å². The number of amides is 2. The first kappa shape index (κ1) is 20.3. The first-order valence-electron chi connectivity index (χ1n) is 9.62. The molecule has 0 radical (unpaired) electrons. The summed E-state index contributed by atoms with van der Waals surface area (Å²) in [6.45, 7) is 8.38. The highest BCUT2D eigenvalue weighted by Crippen LogP contribution is 2.20. The van der Waals surface area contributed by atoms with Crippen molar-refractivity contribution in [1.82, 2.24) is 4.98 Å². The summed E-state index contributed by atoms with van der Waals surface area (Å²) in [5.41, 5.74) is 5.37. The summed E-state index contributed by atoms with van der Waals surface area (Å²) in [6, 6.07) is 16.8. The molecule has 29 heavy (non-hydrogen) atoms. The lowest BCUT2D eigenvalue weighted by atomic mass is 10.1. The third-order valence-corrected chi connectivity index (χ3v) is 4.74. The van der Waals surface area contributed by atoms with Crippen molar-refractivity contribution < 1.29 is 9.59 Å². The highest BCUT2D eigenvalue weighted by molar-refractivity contribution is 6.09. The molecular weight excluding hydrogens is 362 g/mol. The number of rotatable bonds is 5. The number of pyridine rings is 1. The van der Waals surface area contributed by atoms with Crippen LogP contribution in [0.2, 0.25) is 0 Å². The number of aryl methyl sites for hydroxylation is 3. The molecule has 1 aromatic heterocycles. The van der Waals surface area contributed by atoms with E-state index < -0.39 is 0 Å². The summed E-state index contributed by atoms with van der Waals surface area (Å²) in [4.78, 5) is 31.6. The van der Waals surface area contributed by atoms with Crippen molar-refractivity contribution in [2.75, 3.05) is 16.8 Å².